The van der Waals surface area contributed by atoms with Gasteiger partial charge in [-0.1, -0.05) is 12.1 Å². The zero-order valence-electron chi connectivity index (χ0n) is 10.3. The van der Waals surface area contributed by atoms with E-state index in [4.69, 9.17) is 10.2 Å². The monoisotopic (exact) mass is 285 g/mol. The van der Waals surface area contributed by atoms with Crippen molar-refractivity contribution in [1.82, 2.24) is 5.32 Å². The standard InChI is InChI=1S/C12H15NO5S/c1-8(14)13-11(12(16)17)7-19(18)6-9-2-4-10(15)5-3-9/h2-5,11,15H,6-7H2,1H3,(H,13,14)(H,16,17). The third kappa shape index (κ3) is 5.52. The van der Waals surface area contributed by atoms with Gasteiger partial charge in [-0.15, -0.1) is 0 Å². The molecule has 1 rings (SSSR count). The quantitative estimate of drug-likeness (QED) is 0.694. The summed E-state index contributed by atoms with van der Waals surface area (Å²) in [5.41, 5.74) is 0.725. The van der Waals surface area contributed by atoms with Crippen molar-refractivity contribution in [2.24, 2.45) is 0 Å². The summed E-state index contributed by atoms with van der Waals surface area (Å²) in [6.07, 6.45) is 0. The molecule has 104 valence electrons. The van der Waals surface area contributed by atoms with Gasteiger partial charge in [-0.3, -0.25) is 9.00 Å². The molecule has 19 heavy (non-hydrogen) atoms. The molecule has 1 amide bonds. The first kappa shape index (κ1) is 15.2. The number of carboxylic acid groups (broad SMARTS) is 1. The van der Waals surface area contributed by atoms with Crippen LogP contribution in [0.4, 0.5) is 0 Å². The number of aliphatic carboxylic acids is 1. The van der Waals surface area contributed by atoms with Crippen molar-refractivity contribution < 1.29 is 24.0 Å². The molecule has 0 aromatic heterocycles. The van der Waals surface area contributed by atoms with Crippen LogP contribution in [0, 0.1) is 0 Å². The minimum absolute atomic E-state index is 0.108. The Bertz CT molecular complexity index is 485. The van der Waals surface area contributed by atoms with Gasteiger partial charge in [-0.25, -0.2) is 4.79 Å². The fourth-order valence-corrected chi connectivity index (χ4v) is 2.72. The van der Waals surface area contributed by atoms with Gasteiger partial charge in [0, 0.05) is 23.5 Å². The summed E-state index contributed by atoms with van der Waals surface area (Å²) in [5, 5.41) is 20.2. The van der Waals surface area contributed by atoms with Crippen LogP contribution in [0.5, 0.6) is 5.75 Å². The van der Waals surface area contributed by atoms with Gasteiger partial charge in [-0.05, 0) is 17.7 Å². The predicted molar refractivity (Wildman–Crippen MR) is 70.1 cm³/mol. The molecule has 0 radical (unpaired) electrons. The lowest BCUT2D eigenvalue weighted by Crippen LogP contribution is -2.43. The normalized spacial score (nSPS) is 13.5. The van der Waals surface area contributed by atoms with Gasteiger partial charge in [0.25, 0.3) is 0 Å². The highest BCUT2D eigenvalue weighted by Gasteiger charge is 2.21. The van der Waals surface area contributed by atoms with Gasteiger partial charge >= 0.3 is 5.97 Å². The maximum absolute atomic E-state index is 11.8. The fourth-order valence-electron chi connectivity index (χ4n) is 1.44. The van der Waals surface area contributed by atoms with Crippen LogP contribution >= 0.6 is 0 Å². The van der Waals surface area contributed by atoms with Crippen LogP contribution in [0.3, 0.4) is 0 Å². The molecular formula is C12H15NO5S. The number of aromatic hydroxyl groups is 1. The van der Waals surface area contributed by atoms with Gasteiger partial charge in [-0.2, -0.15) is 0 Å². The SMILES string of the molecule is CC(=O)NC(CS(=O)Cc1ccc(O)cc1)C(=O)O. The summed E-state index contributed by atoms with van der Waals surface area (Å²) in [6, 6.07) is 5.00. The molecule has 0 heterocycles. The number of carbonyl (C=O) groups is 2. The van der Waals surface area contributed by atoms with E-state index >= 15 is 0 Å². The van der Waals surface area contributed by atoms with Crippen molar-refractivity contribution >= 4 is 22.7 Å². The van der Waals surface area contributed by atoms with Crippen LogP contribution < -0.4 is 5.32 Å². The Morgan fingerprint density at radius 1 is 1.32 bits per heavy atom. The second-order valence-corrected chi connectivity index (χ2v) is 5.51. The lowest BCUT2D eigenvalue weighted by molar-refractivity contribution is -0.140. The Morgan fingerprint density at radius 3 is 2.37 bits per heavy atom. The second kappa shape index (κ2) is 6.89. The molecule has 6 nitrogen and oxygen atoms in total. The molecule has 0 saturated heterocycles. The van der Waals surface area contributed by atoms with Crippen LogP contribution in [0.25, 0.3) is 0 Å². The van der Waals surface area contributed by atoms with Gasteiger partial charge in [0.2, 0.25) is 5.91 Å². The number of phenols is 1. The van der Waals surface area contributed by atoms with E-state index < -0.39 is 28.7 Å². The number of carboxylic acids is 1. The van der Waals surface area contributed by atoms with E-state index in [1.54, 1.807) is 12.1 Å². The molecule has 0 spiro atoms. The van der Waals surface area contributed by atoms with Gasteiger partial charge in [0.1, 0.15) is 11.8 Å². The number of amides is 1. The van der Waals surface area contributed by atoms with E-state index in [2.05, 4.69) is 5.32 Å². The van der Waals surface area contributed by atoms with Crippen LogP contribution in [-0.2, 0) is 26.1 Å². The zero-order chi connectivity index (χ0) is 14.4. The molecule has 0 aliphatic carbocycles. The first-order valence-corrected chi connectivity index (χ1v) is 7.00. The van der Waals surface area contributed by atoms with E-state index in [-0.39, 0.29) is 17.3 Å². The van der Waals surface area contributed by atoms with E-state index in [0.717, 1.165) is 5.56 Å². The minimum Gasteiger partial charge on any atom is -0.508 e. The maximum atomic E-state index is 11.8. The van der Waals surface area contributed by atoms with E-state index in [1.807, 2.05) is 0 Å². The second-order valence-electron chi connectivity index (χ2n) is 4.01. The molecule has 2 atom stereocenters. The zero-order valence-corrected chi connectivity index (χ0v) is 11.1. The summed E-state index contributed by atoms with van der Waals surface area (Å²) in [7, 11) is -1.42. The highest BCUT2D eigenvalue weighted by atomic mass is 32.2. The van der Waals surface area contributed by atoms with Crippen molar-refractivity contribution in [3.63, 3.8) is 0 Å². The highest BCUT2D eigenvalue weighted by Crippen LogP contribution is 2.11. The van der Waals surface area contributed by atoms with Gasteiger partial charge < -0.3 is 15.5 Å². The lowest BCUT2D eigenvalue weighted by atomic mass is 10.2. The molecular weight excluding hydrogens is 270 g/mol. The first-order chi connectivity index (χ1) is 8.88. The number of rotatable bonds is 6. The van der Waals surface area contributed by atoms with E-state index in [9.17, 15) is 13.8 Å². The van der Waals surface area contributed by atoms with Crippen LogP contribution in [-0.4, -0.2) is 38.1 Å². The summed E-state index contributed by atoms with van der Waals surface area (Å²) in [5.74, 6) is -1.57. The molecule has 0 saturated carbocycles. The molecule has 0 bridgehead atoms. The summed E-state index contributed by atoms with van der Waals surface area (Å²) >= 11 is 0. The molecule has 0 fully saturated rings. The fraction of sp³-hybridized carbons (Fsp3) is 0.333. The first-order valence-electron chi connectivity index (χ1n) is 5.51. The number of hydrogen-bond acceptors (Lipinski definition) is 4. The molecule has 2 unspecified atom stereocenters. The maximum Gasteiger partial charge on any atom is 0.327 e. The highest BCUT2D eigenvalue weighted by molar-refractivity contribution is 7.84. The lowest BCUT2D eigenvalue weighted by Gasteiger charge is -2.12. The van der Waals surface area contributed by atoms with Crippen molar-refractivity contribution in [1.29, 1.82) is 0 Å². The van der Waals surface area contributed by atoms with Crippen molar-refractivity contribution in [2.45, 2.75) is 18.7 Å². The molecule has 0 aliphatic heterocycles. The Hall–Kier alpha value is -1.89. The Labute approximate surface area is 112 Å². The number of phenolic OH excluding ortho intramolecular Hbond substituents is 1. The third-order valence-electron chi connectivity index (χ3n) is 2.29. The molecule has 0 aliphatic rings. The largest absolute Gasteiger partial charge is 0.508 e. The molecule has 1 aromatic carbocycles. The molecule has 1 aromatic rings. The summed E-state index contributed by atoms with van der Waals surface area (Å²) in [4.78, 5) is 21.7. The van der Waals surface area contributed by atoms with Crippen LogP contribution in [0.15, 0.2) is 24.3 Å². The molecule has 3 N–H and O–H groups in total. The van der Waals surface area contributed by atoms with Crippen molar-refractivity contribution in [2.75, 3.05) is 5.75 Å². The number of carbonyl (C=O) groups excluding carboxylic acids is 1. The average molecular weight is 285 g/mol. The number of benzene rings is 1. The smallest absolute Gasteiger partial charge is 0.327 e. The Morgan fingerprint density at radius 2 is 1.89 bits per heavy atom. The Balaban J connectivity index is 2.59. The predicted octanol–water partition coefficient (Wildman–Crippen LogP) is 0.230. The van der Waals surface area contributed by atoms with Crippen LogP contribution in [0.1, 0.15) is 12.5 Å². The number of nitrogens with one attached hydrogen (secondary N) is 1. The third-order valence-corrected chi connectivity index (χ3v) is 3.65. The number of hydrogen-bond donors (Lipinski definition) is 3. The van der Waals surface area contributed by atoms with E-state index in [0.29, 0.717) is 0 Å². The van der Waals surface area contributed by atoms with E-state index in [1.165, 1.54) is 19.1 Å². The molecule has 7 heteroatoms. The van der Waals surface area contributed by atoms with Crippen molar-refractivity contribution in [3.05, 3.63) is 29.8 Å². The van der Waals surface area contributed by atoms with Gasteiger partial charge in [0.05, 0.1) is 5.75 Å². The summed E-state index contributed by atoms with van der Waals surface area (Å²) < 4.78 is 11.8. The Kier molecular flexibility index (Phi) is 5.50. The van der Waals surface area contributed by atoms with Crippen molar-refractivity contribution in [3.8, 4) is 5.75 Å². The van der Waals surface area contributed by atoms with Crippen LogP contribution in [0.2, 0.25) is 0 Å². The minimum atomic E-state index is -1.42. The topological polar surface area (TPSA) is 104 Å². The van der Waals surface area contributed by atoms with Gasteiger partial charge in [0.15, 0.2) is 0 Å². The summed E-state index contributed by atoms with van der Waals surface area (Å²) in [6.45, 7) is 1.21. The average Bonchev–Trinajstić information content (AvgIpc) is 2.30.